The van der Waals surface area contributed by atoms with Crippen molar-refractivity contribution in [2.45, 2.75) is 51.4 Å². The van der Waals surface area contributed by atoms with Gasteiger partial charge in [0, 0.05) is 31.3 Å². The Balaban J connectivity index is 2.03. The molecular weight excluding hydrogens is 327 g/mol. The molecule has 1 saturated heterocycles. The molecule has 2 rings (SSSR count). The average Bonchev–Trinajstić information content (AvgIpc) is 2.87. The van der Waals surface area contributed by atoms with Gasteiger partial charge >= 0.3 is 12.1 Å². The second kappa shape index (κ2) is 7.52. The molecule has 9 heteroatoms. The zero-order chi connectivity index (χ0) is 17.9. The highest BCUT2D eigenvalue weighted by molar-refractivity contribution is 5.75. The first-order valence-corrected chi connectivity index (χ1v) is 7.81. The van der Waals surface area contributed by atoms with E-state index < -0.39 is 12.1 Å². The second-order valence-electron chi connectivity index (χ2n) is 6.02. The number of aryl methyl sites for hydroxylation is 1. The number of alkyl halides is 3. The van der Waals surface area contributed by atoms with E-state index >= 15 is 0 Å². The Morgan fingerprint density at radius 2 is 2.17 bits per heavy atom. The van der Waals surface area contributed by atoms with E-state index in [-0.39, 0.29) is 18.5 Å². The van der Waals surface area contributed by atoms with Crippen molar-refractivity contribution >= 4 is 5.97 Å². The van der Waals surface area contributed by atoms with Gasteiger partial charge in [0.1, 0.15) is 0 Å². The van der Waals surface area contributed by atoms with Gasteiger partial charge in [0.15, 0.2) is 0 Å². The Morgan fingerprint density at radius 3 is 2.75 bits per heavy atom. The third kappa shape index (κ3) is 4.27. The first-order valence-electron chi connectivity index (χ1n) is 7.81. The number of aromatic nitrogens is 2. The fourth-order valence-corrected chi connectivity index (χ4v) is 3.07. The highest BCUT2D eigenvalue weighted by Crippen LogP contribution is 2.34. The van der Waals surface area contributed by atoms with Crippen LogP contribution in [0, 0.1) is 6.92 Å². The van der Waals surface area contributed by atoms with Gasteiger partial charge in [0.05, 0.1) is 19.3 Å². The molecule has 2 heterocycles. The van der Waals surface area contributed by atoms with Gasteiger partial charge in [0.2, 0.25) is 0 Å². The number of rotatable bonds is 5. The number of hydroxylamine groups is 2. The Kier molecular flexibility index (Phi) is 5.87. The van der Waals surface area contributed by atoms with E-state index in [1.165, 1.54) is 0 Å². The average molecular weight is 349 g/mol. The Morgan fingerprint density at radius 1 is 1.46 bits per heavy atom. The van der Waals surface area contributed by atoms with E-state index in [1.54, 1.807) is 20.2 Å². The Hall–Kier alpha value is -1.61. The summed E-state index contributed by atoms with van der Waals surface area (Å²) >= 11 is 0. The zero-order valence-electron chi connectivity index (χ0n) is 14.0. The monoisotopic (exact) mass is 349 g/mol. The fourth-order valence-electron chi connectivity index (χ4n) is 3.07. The largest absolute Gasteiger partial charge is 0.492 e. The first kappa shape index (κ1) is 18.7. The van der Waals surface area contributed by atoms with Crippen LogP contribution < -0.4 is 0 Å². The third-order valence-corrected chi connectivity index (χ3v) is 4.21. The summed E-state index contributed by atoms with van der Waals surface area (Å²) < 4.78 is 44.0. The predicted octanol–water partition coefficient (Wildman–Crippen LogP) is 2.43. The smallest absolute Gasteiger partial charge is 0.383 e. The lowest BCUT2D eigenvalue weighted by molar-refractivity contribution is -0.249. The summed E-state index contributed by atoms with van der Waals surface area (Å²) in [6.07, 6.45) is -2.02. The van der Waals surface area contributed by atoms with Crippen LogP contribution in [-0.4, -0.2) is 53.3 Å². The van der Waals surface area contributed by atoms with Gasteiger partial charge in [-0.1, -0.05) is 0 Å². The van der Waals surface area contributed by atoms with E-state index in [0.29, 0.717) is 26.0 Å². The van der Waals surface area contributed by atoms with Gasteiger partial charge in [-0.2, -0.15) is 18.3 Å². The summed E-state index contributed by atoms with van der Waals surface area (Å²) in [5.41, 5.74) is 2.12. The van der Waals surface area contributed by atoms with Crippen LogP contribution in [0.3, 0.4) is 0 Å². The van der Waals surface area contributed by atoms with Crippen LogP contribution in [0.15, 0.2) is 6.20 Å². The number of hydrogen-bond donors (Lipinski definition) is 0. The second-order valence-corrected chi connectivity index (χ2v) is 6.02. The maximum Gasteiger partial charge on any atom is 0.492 e. The molecule has 1 aromatic heterocycles. The number of ether oxygens (including phenoxy) is 1. The molecule has 24 heavy (non-hydrogen) atoms. The molecule has 0 N–H and O–H groups in total. The molecule has 1 fully saturated rings. The maximum atomic E-state index is 12.3. The standard InChI is InChI=1S/C15H22F3N3O3/c1-10-9-19-20(6-7-23-3)13(10)12-4-5-21(11(2)8-12)24-14(22)15(16,17)18/h9,11-12H,4-8H2,1-3H3/t11-,12+/m1/s1. The highest BCUT2D eigenvalue weighted by Gasteiger charge is 2.44. The molecule has 1 aromatic rings. The van der Waals surface area contributed by atoms with Crippen LogP contribution in [0.4, 0.5) is 13.2 Å². The van der Waals surface area contributed by atoms with E-state index in [9.17, 15) is 18.0 Å². The van der Waals surface area contributed by atoms with Crippen molar-refractivity contribution in [3.8, 4) is 0 Å². The number of carbonyl (C=O) groups excluding carboxylic acids is 1. The van der Waals surface area contributed by atoms with Gasteiger partial charge in [-0.25, -0.2) is 4.79 Å². The van der Waals surface area contributed by atoms with Crippen molar-refractivity contribution in [3.05, 3.63) is 17.5 Å². The number of carbonyl (C=O) groups is 1. The topological polar surface area (TPSA) is 56.6 Å². The molecule has 136 valence electrons. The molecule has 0 aromatic carbocycles. The van der Waals surface area contributed by atoms with Crippen LogP contribution in [0.25, 0.3) is 0 Å². The quantitative estimate of drug-likeness (QED) is 0.817. The summed E-state index contributed by atoms with van der Waals surface area (Å²) in [4.78, 5) is 15.5. The summed E-state index contributed by atoms with van der Waals surface area (Å²) in [7, 11) is 1.62. The minimum atomic E-state index is -4.98. The van der Waals surface area contributed by atoms with Crippen molar-refractivity contribution in [2.75, 3.05) is 20.3 Å². The Labute approximate surface area is 138 Å². The van der Waals surface area contributed by atoms with Gasteiger partial charge < -0.3 is 9.57 Å². The summed E-state index contributed by atoms with van der Waals surface area (Å²) in [6, 6.07) is -0.305. The van der Waals surface area contributed by atoms with Gasteiger partial charge in [0.25, 0.3) is 0 Å². The van der Waals surface area contributed by atoms with Crippen molar-refractivity contribution in [1.82, 2.24) is 14.8 Å². The van der Waals surface area contributed by atoms with Crippen LogP contribution in [0.2, 0.25) is 0 Å². The maximum absolute atomic E-state index is 12.3. The van der Waals surface area contributed by atoms with Crippen LogP contribution in [0.1, 0.15) is 36.9 Å². The van der Waals surface area contributed by atoms with E-state index in [2.05, 4.69) is 9.94 Å². The van der Waals surface area contributed by atoms with Crippen molar-refractivity contribution in [2.24, 2.45) is 0 Å². The minimum Gasteiger partial charge on any atom is -0.383 e. The first-order chi connectivity index (χ1) is 11.2. The Bertz CT molecular complexity index is 574. The molecule has 0 aliphatic carbocycles. The van der Waals surface area contributed by atoms with E-state index in [0.717, 1.165) is 16.3 Å². The zero-order valence-corrected chi connectivity index (χ0v) is 14.0. The lowest BCUT2D eigenvalue weighted by Gasteiger charge is -2.36. The molecule has 0 radical (unpaired) electrons. The molecule has 0 bridgehead atoms. The fraction of sp³-hybridized carbons (Fsp3) is 0.733. The van der Waals surface area contributed by atoms with Crippen LogP contribution in [-0.2, 0) is 20.9 Å². The van der Waals surface area contributed by atoms with E-state index in [4.69, 9.17) is 4.74 Å². The van der Waals surface area contributed by atoms with Crippen molar-refractivity contribution in [3.63, 3.8) is 0 Å². The normalized spacial score (nSPS) is 22.6. The van der Waals surface area contributed by atoms with Gasteiger partial charge in [-0.3, -0.25) is 4.68 Å². The number of hydrogen-bond acceptors (Lipinski definition) is 5. The lowest BCUT2D eigenvalue weighted by Crippen LogP contribution is -2.44. The number of methoxy groups -OCH3 is 1. The molecule has 2 atom stereocenters. The number of piperidine rings is 1. The van der Waals surface area contributed by atoms with E-state index in [1.807, 2.05) is 11.6 Å². The summed E-state index contributed by atoms with van der Waals surface area (Å²) in [6.45, 7) is 5.12. The molecule has 0 amide bonds. The molecule has 1 aliphatic rings. The molecule has 0 unspecified atom stereocenters. The van der Waals surface area contributed by atoms with Gasteiger partial charge in [-0.05, 0) is 32.3 Å². The van der Waals surface area contributed by atoms with Crippen LogP contribution in [0.5, 0.6) is 0 Å². The highest BCUT2D eigenvalue weighted by atomic mass is 19.4. The van der Waals surface area contributed by atoms with Crippen molar-refractivity contribution < 1.29 is 27.5 Å². The lowest BCUT2D eigenvalue weighted by atomic mass is 9.88. The van der Waals surface area contributed by atoms with Crippen molar-refractivity contribution in [1.29, 1.82) is 0 Å². The molecule has 0 spiro atoms. The van der Waals surface area contributed by atoms with Crippen LogP contribution >= 0.6 is 0 Å². The minimum absolute atomic E-state index is 0.153. The third-order valence-electron chi connectivity index (χ3n) is 4.21. The molecule has 6 nitrogen and oxygen atoms in total. The molecule has 0 saturated carbocycles. The SMILES string of the molecule is COCCn1ncc(C)c1[C@H]1CCN(OC(=O)C(F)(F)F)[C@H](C)C1. The predicted molar refractivity (Wildman–Crippen MR) is 79.1 cm³/mol. The number of nitrogens with zero attached hydrogens (tertiary/aromatic N) is 3. The number of halogens is 3. The molecular formula is C15H22F3N3O3. The molecule has 1 aliphatic heterocycles. The van der Waals surface area contributed by atoms with Gasteiger partial charge in [-0.15, -0.1) is 5.06 Å². The summed E-state index contributed by atoms with van der Waals surface area (Å²) in [5.74, 6) is -2.02. The summed E-state index contributed by atoms with van der Waals surface area (Å²) in [5, 5.41) is 5.46.